The van der Waals surface area contributed by atoms with Gasteiger partial charge in [0, 0.05) is 0 Å². The van der Waals surface area contributed by atoms with Crippen LogP contribution in [0.1, 0.15) is 15.9 Å². The fraction of sp³-hybridized carbons (Fsp3) is 0.182. The summed E-state index contributed by atoms with van der Waals surface area (Å²) >= 11 is 0. The average molecular weight is 244 g/mol. The lowest BCUT2D eigenvalue weighted by Gasteiger charge is -2.10. The minimum absolute atomic E-state index is 0.191. The largest absolute Gasteiger partial charge is 0.480 e. The van der Waals surface area contributed by atoms with E-state index < -0.39 is 23.3 Å². The first-order valence-corrected chi connectivity index (χ1v) is 4.37. The number of ether oxygens (including phenoxy) is 1. The highest BCUT2D eigenvalue weighted by atomic mass is 19.4. The molecule has 90 valence electrons. The molecule has 0 atom stereocenters. The standard InChI is InChI=1S/C11H7F3O3/c1-2-5-17-9-4-3-7(11(12,13)14)6-8(9)10(15)16/h1,3-4,6H,5H2,(H,15,16). The van der Waals surface area contributed by atoms with Gasteiger partial charge in [-0.05, 0) is 18.2 Å². The van der Waals surface area contributed by atoms with E-state index in [9.17, 15) is 18.0 Å². The van der Waals surface area contributed by atoms with E-state index in [4.69, 9.17) is 16.3 Å². The Morgan fingerprint density at radius 3 is 2.59 bits per heavy atom. The Morgan fingerprint density at radius 1 is 1.47 bits per heavy atom. The molecular formula is C11H7F3O3. The Hall–Kier alpha value is -2.16. The molecule has 0 saturated carbocycles. The summed E-state index contributed by atoms with van der Waals surface area (Å²) in [4.78, 5) is 10.8. The zero-order chi connectivity index (χ0) is 13.1. The van der Waals surface area contributed by atoms with Gasteiger partial charge in [0.1, 0.15) is 17.9 Å². The summed E-state index contributed by atoms with van der Waals surface area (Å²) in [6.07, 6.45) is 0.297. The first-order chi connectivity index (χ1) is 7.86. The van der Waals surface area contributed by atoms with Crippen LogP contribution in [0.25, 0.3) is 0 Å². The van der Waals surface area contributed by atoms with E-state index in [0.29, 0.717) is 6.07 Å². The molecule has 0 fully saturated rings. The van der Waals surface area contributed by atoms with Crippen LogP contribution in [0.15, 0.2) is 18.2 Å². The van der Waals surface area contributed by atoms with Gasteiger partial charge in [-0.15, -0.1) is 6.42 Å². The van der Waals surface area contributed by atoms with Gasteiger partial charge >= 0.3 is 12.1 Å². The van der Waals surface area contributed by atoms with Crippen molar-refractivity contribution in [1.82, 2.24) is 0 Å². The van der Waals surface area contributed by atoms with Crippen molar-refractivity contribution in [3.05, 3.63) is 29.3 Å². The maximum Gasteiger partial charge on any atom is 0.416 e. The lowest BCUT2D eigenvalue weighted by Crippen LogP contribution is -2.09. The number of alkyl halides is 3. The third-order valence-corrected chi connectivity index (χ3v) is 1.85. The smallest absolute Gasteiger partial charge is 0.416 e. The van der Waals surface area contributed by atoms with Crippen molar-refractivity contribution in [3.63, 3.8) is 0 Å². The van der Waals surface area contributed by atoms with Crippen molar-refractivity contribution < 1.29 is 27.8 Å². The van der Waals surface area contributed by atoms with Gasteiger partial charge in [0.25, 0.3) is 0 Å². The number of carboxylic acids is 1. The van der Waals surface area contributed by atoms with Gasteiger partial charge in [0.15, 0.2) is 0 Å². The fourth-order valence-corrected chi connectivity index (χ4v) is 1.12. The van der Waals surface area contributed by atoms with Crippen LogP contribution in [-0.4, -0.2) is 17.7 Å². The van der Waals surface area contributed by atoms with E-state index in [2.05, 4.69) is 5.92 Å². The van der Waals surface area contributed by atoms with Crippen LogP contribution in [0.5, 0.6) is 5.75 Å². The van der Waals surface area contributed by atoms with Crippen LogP contribution >= 0.6 is 0 Å². The monoisotopic (exact) mass is 244 g/mol. The third-order valence-electron chi connectivity index (χ3n) is 1.85. The van der Waals surface area contributed by atoms with Crippen LogP contribution < -0.4 is 4.74 Å². The molecule has 0 spiro atoms. The van der Waals surface area contributed by atoms with E-state index in [0.717, 1.165) is 12.1 Å². The molecule has 1 N–H and O–H groups in total. The number of rotatable bonds is 3. The van der Waals surface area contributed by atoms with E-state index in [1.54, 1.807) is 0 Å². The summed E-state index contributed by atoms with van der Waals surface area (Å²) < 4.78 is 41.9. The van der Waals surface area contributed by atoms with E-state index in [1.807, 2.05) is 0 Å². The summed E-state index contributed by atoms with van der Waals surface area (Å²) in [5.41, 5.74) is -1.63. The second-order valence-electron chi connectivity index (χ2n) is 3.01. The van der Waals surface area contributed by atoms with Crippen molar-refractivity contribution in [1.29, 1.82) is 0 Å². The molecule has 0 amide bonds. The Balaban J connectivity index is 3.18. The number of carboxylic acid groups (broad SMARTS) is 1. The van der Waals surface area contributed by atoms with Gasteiger partial charge in [0.2, 0.25) is 0 Å². The number of hydrogen-bond acceptors (Lipinski definition) is 2. The zero-order valence-corrected chi connectivity index (χ0v) is 8.41. The number of terminal acetylenes is 1. The Morgan fingerprint density at radius 2 is 2.12 bits per heavy atom. The summed E-state index contributed by atoms with van der Waals surface area (Å²) in [6, 6.07) is 2.18. The van der Waals surface area contributed by atoms with E-state index >= 15 is 0 Å². The second kappa shape index (κ2) is 4.78. The predicted molar refractivity (Wildman–Crippen MR) is 52.7 cm³/mol. The van der Waals surface area contributed by atoms with Gasteiger partial charge in [0.05, 0.1) is 5.56 Å². The van der Waals surface area contributed by atoms with Gasteiger partial charge in [-0.25, -0.2) is 4.79 Å². The van der Waals surface area contributed by atoms with Crippen molar-refractivity contribution in [3.8, 4) is 18.1 Å². The van der Waals surface area contributed by atoms with Crippen LogP contribution in [0.2, 0.25) is 0 Å². The molecule has 0 heterocycles. The maximum absolute atomic E-state index is 12.3. The minimum Gasteiger partial charge on any atom is -0.480 e. The predicted octanol–water partition coefficient (Wildman–Crippen LogP) is 2.42. The molecule has 0 aromatic heterocycles. The topological polar surface area (TPSA) is 46.5 Å². The molecule has 0 aliphatic rings. The molecule has 6 heteroatoms. The van der Waals surface area contributed by atoms with Crippen LogP contribution in [0.4, 0.5) is 13.2 Å². The number of halogens is 3. The molecule has 1 aromatic carbocycles. The van der Waals surface area contributed by atoms with E-state index in [1.165, 1.54) is 0 Å². The van der Waals surface area contributed by atoms with Crippen LogP contribution in [0.3, 0.4) is 0 Å². The Kier molecular flexibility index (Phi) is 3.63. The Bertz CT molecular complexity index is 472. The molecule has 0 bridgehead atoms. The molecule has 0 saturated heterocycles. The molecule has 1 rings (SSSR count). The normalized spacial score (nSPS) is 10.7. The quantitative estimate of drug-likeness (QED) is 0.830. The average Bonchev–Trinajstić information content (AvgIpc) is 2.24. The third kappa shape index (κ3) is 3.14. The van der Waals surface area contributed by atoms with Crippen molar-refractivity contribution in [2.45, 2.75) is 6.18 Å². The molecular weight excluding hydrogens is 237 g/mol. The van der Waals surface area contributed by atoms with Crippen molar-refractivity contribution >= 4 is 5.97 Å². The first kappa shape index (κ1) is 12.9. The van der Waals surface area contributed by atoms with Gasteiger partial charge in [-0.1, -0.05) is 5.92 Å². The van der Waals surface area contributed by atoms with Gasteiger partial charge in [-0.3, -0.25) is 0 Å². The Labute approximate surface area is 94.8 Å². The lowest BCUT2D eigenvalue weighted by atomic mass is 10.1. The van der Waals surface area contributed by atoms with Crippen molar-refractivity contribution in [2.75, 3.05) is 6.61 Å². The highest BCUT2D eigenvalue weighted by molar-refractivity contribution is 5.91. The summed E-state index contributed by atoms with van der Waals surface area (Å²) in [7, 11) is 0. The number of carbonyl (C=O) groups is 1. The molecule has 17 heavy (non-hydrogen) atoms. The summed E-state index contributed by atoms with van der Waals surface area (Å²) in [5, 5.41) is 8.76. The van der Waals surface area contributed by atoms with Crippen LogP contribution in [0, 0.1) is 12.3 Å². The molecule has 0 radical (unpaired) electrons. The highest BCUT2D eigenvalue weighted by Gasteiger charge is 2.32. The SMILES string of the molecule is C#CCOc1ccc(C(F)(F)F)cc1C(=O)O. The number of hydrogen-bond donors (Lipinski definition) is 1. The summed E-state index contributed by atoms with van der Waals surface area (Å²) in [5.74, 6) is 0.388. The van der Waals surface area contributed by atoms with Crippen LogP contribution in [-0.2, 0) is 6.18 Å². The molecule has 3 nitrogen and oxygen atoms in total. The van der Waals surface area contributed by atoms with Crippen molar-refractivity contribution in [2.24, 2.45) is 0 Å². The first-order valence-electron chi connectivity index (χ1n) is 4.37. The summed E-state index contributed by atoms with van der Waals surface area (Å²) in [6.45, 7) is -0.217. The maximum atomic E-state index is 12.3. The van der Waals surface area contributed by atoms with Gasteiger partial charge < -0.3 is 9.84 Å². The van der Waals surface area contributed by atoms with Gasteiger partial charge in [-0.2, -0.15) is 13.2 Å². The number of aromatic carboxylic acids is 1. The second-order valence-corrected chi connectivity index (χ2v) is 3.01. The zero-order valence-electron chi connectivity index (χ0n) is 8.41. The molecule has 0 aliphatic heterocycles. The number of benzene rings is 1. The highest BCUT2D eigenvalue weighted by Crippen LogP contribution is 2.32. The molecule has 1 aromatic rings. The molecule has 0 unspecified atom stereocenters. The fourth-order valence-electron chi connectivity index (χ4n) is 1.12. The molecule has 0 aliphatic carbocycles. The minimum atomic E-state index is -4.60. The van der Waals surface area contributed by atoms with E-state index in [-0.39, 0.29) is 12.4 Å². The lowest BCUT2D eigenvalue weighted by molar-refractivity contribution is -0.137.